The second kappa shape index (κ2) is 8.78. The summed E-state index contributed by atoms with van der Waals surface area (Å²) in [6, 6.07) is 20.3. The van der Waals surface area contributed by atoms with Crippen LogP contribution in [0.15, 0.2) is 60.7 Å². The molecule has 0 fully saturated rings. The normalized spacial score (nSPS) is 11.3. The monoisotopic (exact) mass is 371 g/mol. The Kier molecular flexibility index (Phi) is 5.97. The van der Waals surface area contributed by atoms with Crippen molar-refractivity contribution in [1.29, 1.82) is 5.26 Å². The van der Waals surface area contributed by atoms with Crippen LogP contribution in [0.5, 0.6) is 0 Å². The quantitative estimate of drug-likeness (QED) is 0.675. The van der Waals surface area contributed by atoms with Crippen LogP contribution in [0.25, 0.3) is 11.4 Å². The molecule has 0 aliphatic rings. The van der Waals surface area contributed by atoms with Crippen molar-refractivity contribution in [3.63, 3.8) is 0 Å². The molecular formula is C22H21N5O. The van der Waals surface area contributed by atoms with Gasteiger partial charge in [0, 0.05) is 23.4 Å². The highest BCUT2D eigenvalue weighted by Gasteiger charge is 2.15. The van der Waals surface area contributed by atoms with Gasteiger partial charge in [-0.2, -0.15) is 5.26 Å². The lowest BCUT2D eigenvalue weighted by atomic mass is 10.2. The number of amides is 1. The molecule has 6 nitrogen and oxygen atoms in total. The summed E-state index contributed by atoms with van der Waals surface area (Å²) in [6.07, 6.45) is 0.832. The number of benzene rings is 2. The number of rotatable bonds is 6. The van der Waals surface area contributed by atoms with E-state index in [0.29, 0.717) is 22.9 Å². The summed E-state index contributed by atoms with van der Waals surface area (Å²) < 4.78 is 0. The second-order valence-corrected chi connectivity index (χ2v) is 6.42. The van der Waals surface area contributed by atoms with Gasteiger partial charge in [-0.05, 0) is 37.6 Å². The highest BCUT2D eigenvalue weighted by Crippen LogP contribution is 2.21. The van der Waals surface area contributed by atoms with Gasteiger partial charge in [-0.15, -0.1) is 0 Å². The maximum Gasteiger partial charge on any atom is 0.270 e. The number of nitrogens with one attached hydrogen (secondary N) is 2. The van der Waals surface area contributed by atoms with Crippen LogP contribution in [0.4, 0.5) is 11.5 Å². The summed E-state index contributed by atoms with van der Waals surface area (Å²) in [6.45, 7) is 3.96. The van der Waals surface area contributed by atoms with Gasteiger partial charge in [-0.25, -0.2) is 9.97 Å². The third kappa shape index (κ3) is 4.71. The molecule has 0 spiro atoms. The van der Waals surface area contributed by atoms with Crippen molar-refractivity contribution in [2.24, 2.45) is 0 Å². The molecule has 1 aromatic heterocycles. The third-order valence-electron chi connectivity index (χ3n) is 4.27. The lowest BCUT2D eigenvalue weighted by Crippen LogP contribution is -2.32. The average Bonchev–Trinajstić information content (AvgIpc) is 2.74. The molecule has 6 heteroatoms. The van der Waals surface area contributed by atoms with E-state index in [1.54, 1.807) is 30.3 Å². The number of hydrogen-bond acceptors (Lipinski definition) is 5. The fourth-order valence-corrected chi connectivity index (χ4v) is 2.52. The van der Waals surface area contributed by atoms with Gasteiger partial charge < -0.3 is 10.6 Å². The predicted molar refractivity (Wildman–Crippen MR) is 109 cm³/mol. The summed E-state index contributed by atoms with van der Waals surface area (Å²) >= 11 is 0. The minimum atomic E-state index is -0.239. The van der Waals surface area contributed by atoms with E-state index in [2.05, 4.69) is 26.7 Å². The van der Waals surface area contributed by atoms with Crippen LogP contribution in [0.2, 0.25) is 0 Å². The first-order chi connectivity index (χ1) is 13.6. The molecule has 1 unspecified atom stereocenters. The van der Waals surface area contributed by atoms with Crippen molar-refractivity contribution >= 4 is 17.4 Å². The number of nitriles is 1. The first kappa shape index (κ1) is 19.1. The van der Waals surface area contributed by atoms with Crippen molar-refractivity contribution < 1.29 is 4.79 Å². The lowest BCUT2D eigenvalue weighted by Gasteiger charge is -2.13. The smallest absolute Gasteiger partial charge is 0.270 e. The first-order valence-corrected chi connectivity index (χ1v) is 9.11. The molecule has 28 heavy (non-hydrogen) atoms. The Morgan fingerprint density at radius 1 is 1.11 bits per heavy atom. The summed E-state index contributed by atoms with van der Waals surface area (Å²) in [7, 11) is 0. The number of carbonyl (C=O) groups is 1. The highest BCUT2D eigenvalue weighted by atomic mass is 16.1. The molecule has 3 rings (SSSR count). The van der Waals surface area contributed by atoms with Crippen LogP contribution in [-0.2, 0) is 0 Å². The van der Waals surface area contributed by atoms with Crippen molar-refractivity contribution in [3.05, 3.63) is 71.9 Å². The predicted octanol–water partition coefficient (Wildman–Crippen LogP) is 4.29. The number of aromatic nitrogens is 2. The molecule has 1 heterocycles. The average molecular weight is 371 g/mol. The van der Waals surface area contributed by atoms with E-state index in [1.165, 1.54) is 0 Å². The van der Waals surface area contributed by atoms with E-state index >= 15 is 0 Å². The van der Waals surface area contributed by atoms with E-state index < -0.39 is 0 Å². The van der Waals surface area contributed by atoms with Crippen LogP contribution >= 0.6 is 0 Å². The van der Waals surface area contributed by atoms with Crippen LogP contribution < -0.4 is 10.6 Å². The van der Waals surface area contributed by atoms with Gasteiger partial charge in [0.25, 0.3) is 5.91 Å². The van der Waals surface area contributed by atoms with Crippen LogP contribution in [0, 0.1) is 11.3 Å². The van der Waals surface area contributed by atoms with E-state index in [-0.39, 0.29) is 11.9 Å². The Morgan fingerprint density at radius 2 is 1.82 bits per heavy atom. The van der Waals surface area contributed by atoms with E-state index in [0.717, 1.165) is 17.7 Å². The van der Waals surface area contributed by atoms with Gasteiger partial charge in [0.15, 0.2) is 5.82 Å². The summed E-state index contributed by atoms with van der Waals surface area (Å²) in [4.78, 5) is 21.6. The van der Waals surface area contributed by atoms with Gasteiger partial charge in [0.2, 0.25) is 0 Å². The Labute approximate surface area is 164 Å². The molecule has 1 amide bonds. The van der Waals surface area contributed by atoms with Gasteiger partial charge in [0.05, 0.1) is 11.6 Å². The number of carbonyl (C=O) groups excluding carboxylic acids is 1. The molecule has 1 atom stereocenters. The fraction of sp³-hybridized carbons (Fsp3) is 0.182. The van der Waals surface area contributed by atoms with Gasteiger partial charge in [-0.1, -0.05) is 37.3 Å². The second-order valence-electron chi connectivity index (χ2n) is 6.42. The van der Waals surface area contributed by atoms with E-state index in [9.17, 15) is 4.79 Å². The molecule has 2 aromatic carbocycles. The number of hydrogen-bond donors (Lipinski definition) is 2. The van der Waals surface area contributed by atoms with E-state index in [4.69, 9.17) is 5.26 Å². The third-order valence-corrected chi connectivity index (χ3v) is 4.27. The summed E-state index contributed by atoms with van der Waals surface area (Å²) in [5, 5.41) is 15.1. The van der Waals surface area contributed by atoms with Gasteiger partial charge in [-0.3, -0.25) is 4.79 Å². The standard InChI is InChI=1S/C22H21N5O/c1-3-15(2)24-22(28)19-13-20(25-18-11-9-16(14-23)10-12-18)27-21(26-19)17-7-5-4-6-8-17/h4-13,15H,3H2,1-2H3,(H,24,28)(H,25,26,27). The van der Waals surface area contributed by atoms with Crippen LogP contribution in [-0.4, -0.2) is 21.9 Å². The maximum atomic E-state index is 12.6. The molecular weight excluding hydrogens is 350 g/mol. The van der Waals surface area contributed by atoms with Crippen LogP contribution in [0.3, 0.4) is 0 Å². The van der Waals surface area contributed by atoms with Gasteiger partial charge in [0.1, 0.15) is 11.5 Å². The Hall–Kier alpha value is -3.72. The largest absolute Gasteiger partial charge is 0.348 e. The minimum absolute atomic E-state index is 0.0533. The van der Waals surface area contributed by atoms with Crippen molar-refractivity contribution in [3.8, 4) is 17.5 Å². The molecule has 0 radical (unpaired) electrons. The van der Waals surface area contributed by atoms with Crippen molar-refractivity contribution in [1.82, 2.24) is 15.3 Å². The molecule has 140 valence electrons. The van der Waals surface area contributed by atoms with Crippen LogP contribution in [0.1, 0.15) is 36.3 Å². The molecule has 2 N–H and O–H groups in total. The first-order valence-electron chi connectivity index (χ1n) is 9.11. The zero-order valence-electron chi connectivity index (χ0n) is 15.8. The lowest BCUT2D eigenvalue weighted by molar-refractivity contribution is 0.0934. The minimum Gasteiger partial charge on any atom is -0.348 e. The molecule has 3 aromatic rings. The molecule has 0 saturated carbocycles. The SMILES string of the molecule is CCC(C)NC(=O)c1cc(Nc2ccc(C#N)cc2)nc(-c2ccccc2)n1. The highest BCUT2D eigenvalue weighted by molar-refractivity contribution is 5.93. The molecule has 0 bridgehead atoms. The Balaban J connectivity index is 1.96. The fourth-order valence-electron chi connectivity index (χ4n) is 2.52. The summed E-state index contributed by atoms with van der Waals surface area (Å²) in [5.41, 5.74) is 2.46. The van der Waals surface area contributed by atoms with Crippen molar-refractivity contribution in [2.45, 2.75) is 26.3 Å². The Bertz CT molecular complexity index is 994. The number of nitrogens with zero attached hydrogens (tertiary/aromatic N) is 3. The van der Waals surface area contributed by atoms with E-state index in [1.807, 2.05) is 44.2 Å². The zero-order valence-corrected chi connectivity index (χ0v) is 15.8. The molecule has 0 saturated heterocycles. The maximum absolute atomic E-state index is 12.6. The van der Waals surface area contributed by atoms with Crippen molar-refractivity contribution in [2.75, 3.05) is 5.32 Å². The van der Waals surface area contributed by atoms with Gasteiger partial charge >= 0.3 is 0 Å². The number of anilines is 2. The zero-order chi connectivity index (χ0) is 19.9. The molecule has 0 aliphatic heterocycles. The Morgan fingerprint density at radius 3 is 2.46 bits per heavy atom. The molecule has 0 aliphatic carbocycles. The topological polar surface area (TPSA) is 90.7 Å². The summed E-state index contributed by atoms with van der Waals surface area (Å²) in [5.74, 6) is 0.734.